The third-order valence-electron chi connectivity index (χ3n) is 4.60. The summed E-state index contributed by atoms with van der Waals surface area (Å²) in [5.41, 5.74) is -0.333. The highest BCUT2D eigenvalue weighted by Crippen LogP contribution is 2.48. The summed E-state index contributed by atoms with van der Waals surface area (Å²) in [6.07, 6.45) is 3.78. The van der Waals surface area contributed by atoms with Crippen molar-refractivity contribution in [2.24, 2.45) is 5.92 Å². The Labute approximate surface area is 129 Å². The zero-order chi connectivity index (χ0) is 15.9. The molecule has 1 rings (SSSR count). The molecule has 0 amide bonds. The van der Waals surface area contributed by atoms with Crippen LogP contribution < -0.4 is 0 Å². The van der Waals surface area contributed by atoms with E-state index in [-0.39, 0.29) is 12.1 Å². The highest BCUT2D eigenvalue weighted by molar-refractivity contribution is 5.06. The molecule has 1 N–H and O–H groups in total. The van der Waals surface area contributed by atoms with E-state index in [2.05, 4.69) is 20.8 Å². The molecule has 5 nitrogen and oxygen atoms in total. The molecule has 0 aliphatic carbocycles. The van der Waals surface area contributed by atoms with E-state index >= 15 is 0 Å². The number of methoxy groups -OCH3 is 1. The van der Waals surface area contributed by atoms with Crippen molar-refractivity contribution in [1.29, 1.82) is 0 Å². The van der Waals surface area contributed by atoms with Crippen molar-refractivity contribution in [1.82, 2.24) is 5.06 Å². The van der Waals surface area contributed by atoms with Gasteiger partial charge in [-0.25, -0.2) is 0 Å². The highest BCUT2D eigenvalue weighted by atomic mass is 16.7. The smallest absolute Gasteiger partial charge is 0.188 e. The zero-order valence-corrected chi connectivity index (χ0v) is 14.4. The molecule has 1 fully saturated rings. The van der Waals surface area contributed by atoms with Gasteiger partial charge >= 0.3 is 0 Å². The van der Waals surface area contributed by atoms with E-state index in [1.165, 1.54) is 0 Å². The minimum Gasteiger partial charge on any atom is -0.394 e. The summed E-state index contributed by atoms with van der Waals surface area (Å²) in [6.45, 7) is 10.4. The van der Waals surface area contributed by atoms with Crippen molar-refractivity contribution in [2.75, 3.05) is 33.5 Å². The first kappa shape index (κ1) is 18.8. The fraction of sp³-hybridized carbons (Fsp3) is 1.00. The van der Waals surface area contributed by atoms with Crippen LogP contribution in [0.15, 0.2) is 0 Å². The molecule has 0 aromatic carbocycles. The number of nitrogens with zero attached hydrogens (tertiary/aromatic N) is 1. The van der Waals surface area contributed by atoms with Crippen LogP contribution in [-0.2, 0) is 14.3 Å². The lowest BCUT2D eigenvalue weighted by Gasteiger charge is -2.58. The molecule has 0 aromatic rings. The lowest BCUT2D eigenvalue weighted by atomic mass is 9.70. The molecular weight excluding hydrogens is 270 g/mol. The fourth-order valence-electron chi connectivity index (χ4n) is 3.87. The van der Waals surface area contributed by atoms with Crippen LogP contribution in [0.2, 0.25) is 0 Å². The number of hydroxylamine groups is 2. The van der Waals surface area contributed by atoms with E-state index in [1.807, 2.05) is 12.0 Å². The van der Waals surface area contributed by atoms with Crippen LogP contribution in [-0.4, -0.2) is 55.0 Å². The molecule has 1 aliphatic rings. The van der Waals surface area contributed by atoms with Gasteiger partial charge in [-0.05, 0) is 25.7 Å². The summed E-state index contributed by atoms with van der Waals surface area (Å²) in [6, 6.07) is 0. The van der Waals surface area contributed by atoms with Crippen molar-refractivity contribution in [3.05, 3.63) is 0 Å². The number of ether oxygens (including phenoxy) is 2. The van der Waals surface area contributed by atoms with Crippen LogP contribution in [0.1, 0.15) is 53.4 Å². The first-order valence-electron chi connectivity index (χ1n) is 8.25. The van der Waals surface area contributed by atoms with Crippen molar-refractivity contribution in [2.45, 2.75) is 64.7 Å². The van der Waals surface area contributed by atoms with Gasteiger partial charge in [-0.3, -0.25) is 4.84 Å². The second-order valence-electron chi connectivity index (χ2n) is 5.98. The molecule has 0 radical (unpaired) electrons. The van der Waals surface area contributed by atoms with Gasteiger partial charge in [0.05, 0.1) is 13.2 Å². The summed E-state index contributed by atoms with van der Waals surface area (Å²) in [4.78, 5) is 5.89. The Morgan fingerprint density at radius 1 is 1.29 bits per heavy atom. The first-order chi connectivity index (χ1) is 10.0. The molecule has 0 saturated carbocycles. The number of piperidine rings is 1. The number of aliphatic hydroxyl groups excluding tert-OH is 1. The molecule has 0 bridgehead atoms. The van der Waals surface area contributed by atoms with E-state index in [0.29, 0.717) is 19.1 Å². The van der Waals surface area contributed by atoms with Gasteiger partial charge in [0.2, 0.25) is 0 Å². The van der Waals surface area contributed by atoms with Gasteiger partial charge in [0.25, 0.3) is 0 Å². The minimum absolute atomic E-state index is 0.0193. The average Bonchev–Trinajstić information content (AvgIpc) is 2.47. The third-order valence-corrected chi connectivity index (χ3v) is 4.60. The fourth-order valence-corrected chi connectivity index (χ4v) is 3.87. The Balaban J connectivity index is 3.24. The van der Waals surface area contributed by atoms with E-state index in [4.69, 9.17) is 19.4 Å². The maximum atomic E-state index is 9.11. The normalized spacial score (nSPS) is 31.0. The SMILES string of the molecule is CCCC1(C(C)C)N(OCCO)CCCC1(OC)OCC. The number of rotatable bonds is 9. The number of aliphatic hydroxyl groups is 1. The van der Waals surface area contributed by atoms with Crippen LogP contribution in [0.5, 0.6) is 0 Å². The standard InChI is InChI=1S/C16H33NO4/c1-6-9-15(14(3)4)16(19-5,20-7-2)10-8-11-17(15)21-13-12-18/h14,18H,6-13H2,1-5H3. The minimum atomic E-state index is -0.653. The van der Waals surface area contributed by atoms with Gasteiger partial charge in [-0.1, -0.05) is 27.2 Å². The number of hydrogen-bond acceptors (Lipinski definition) is 5. The van der Waals surface area contributed by atoms with Crippen molar-refractivity contribution in [3.63, 3.8) is 0 Å². The summed E-state index contributed by atoms with van der Waals surface area (Å²) >= 11 is 0. The molecule has 1 aliphatic heterocycles. The second kappa shape index (κ2) is 8.44. The summed E-state index contributed by atoms with van der Waals surface area (Å²) < 4.78 is 12.1. The van der Waals surface area contributed by atoms with Crippen LogP contribution in [0, 0.1) is 5.92 Å². The highest BCUT2D eigenvalue weighted by Gasteiger charge is 2.60. The van der Waals surface area contributed by atoms with E-state index in [9.17, 15) is 0 Å². The predicted octanol–water partition coefficient (Wildman–Crippen LogP) is 2.58. The summed E-state index contributed by atoms with van der Waals surface area (Å²) in [5.74, 6) is -0.345. The van der Waals surface area contributed by atoms with E-state index in [0.717, 1.165) is 32.2 Å². The molecule has 0 aromatic heterocycles. The predicted molar refractivity (Wildman–Crippen MR) is 82.8 cm³/mol. The molecule has 5 heteroatoms. The van der Waals surface area contributed by atoms with Crippen LogP contribution >= 0.6 is 0 Å². The first-order valence-corrected chi connectivity index (χ1v) is 8.25. The largest absolute Gasteiger partial charge is 0.394 e. The van der Waals surface area contributed by atoms with Gasteiger partial charge in [0, 0.05) is 26.7 Å². The van der Waals surface area contributed by atoms with Gasteiger partial charge in [0.1, 0.15) is 5.54 Å². The monoisotopic (exact) mass is 303 g/mol. The molecular formula is C16H33NO4. The lowest BCUT2D eigenvalue weighted by molar-refractivity contribution is -0.381. The zero-order valence-electron chi connectivity index (χ0n) is 14.4. The Kier molecular flexibility index (Phi) is 7.57. The van der Waals surface area contributed by atoms with Gasteiger partial charge in [0.15, 0.2) is 5.79 Å². The summed E-state index contributed by atoms with van der Waals surface area (Å²) in [7, 11) is 1.73. The number of hydrogen-bond donors (Lipinski definition) is 1. The topological polar surface area (TPSA) is 51.2 Å². The van der Waals surface area contributed by atoms with Crippen molar-refractivity contribution < 1.29 is 19.4 Å². The molecule has 2 atom stereocenters. The van der Waals surface area contributed by atoms with Gasteiger partial charge < -0.3 is 14.6 Å². The van der Waals surface area contributed by atoms with Crippen molar-refractivity contribution in [3.8, 4) is 0 Å². The Morgan fingerprint density at radius 3 is 2.48 bits per heavy atom. The molecule has 21 heavy (non-hydrogen) atoms. The molecule has 0 spiro atoms. The summed E-state index contributed by atoms with van der Waals surface area (Å²) in [5, 5.41) is 11.1. The van der Waals surface area contributed by atoms with Gasteiger partial charge in [-0.2, -0.15) is 5.06 Å². The lowest BCUT2D eigenvalue weighted by Crippen LogP contribution is -2.71. The van der Waals surface area contributed by atoms with E-state index in [1.54, 1.807) is 7.11 Å². The molecule has 2 unspecified atom stereocenters. The maximum absolute atomic E-state index is 9.11. The quantitative estimate of drug-likeness (QED) is 0.664. The van der Waals surface area contributed by atoms with Crippen LogP contribution in [0.25, 0.3) is 0 Å². The maximum Gasteiger partial charge on any atom is 0.188 e. The van der Waals surface area contributed by atoms with Crippen LogP contribution in [0.4, 0.5) is 0 Å². The molecule has 1 heterocycles. The Morgan fingerprint density at radius 2 is 2.00 bits per heavy atom. The average molecular weight is 303 g/mol. The molecule has 126 valence electrons. The van der Waals surface area contributed by atoms with Crippen molar-refractivity contribution >= 4 is 0 Å². The third kappa shape index (κ3) is 3.42. The molecule has 1 saturated heterocycles. The Bertz CT molecular complexity index is 296. The van der Waals surface area contributed by atoms with E-state index < -0.39 is 5.79 Å². The van der Waals surface area contributed by atoms with Gasteiger partial charge in [-0.15, -0.1) is 0 Å². The Hall–Kier alpha value is -0.200. The second-order valence-corrected chi connectivity index (χ2v) is 5.98. The van der Waals surface area contributed by atoms with Crippen LogP contribution in [0.3, 0.4) is 0 Å².